The normalized spacial score (nSPS) is 11.2. The Kier molecular flexibility index (Phi) is 5.10. The highest BCUT2D eigenvalue weighted by Gasteiger charge is 2.14. The first kappa shape index (κ1) is 19.2. The second kappa shape index (κ2) is 7.71. The first-order chi connectivity index (χ1) is 13.9. The van der Waals surface area contributed by atoms with Gasteiger partial charge in [-0.1, -0.05) is 17.4 Å². The van der Waals surface area contributed by atoms with Crippen molar-refractivity contribution >= 4 is 32.6 Å². The van der Waals surface area contributed by atoms with Crippen LogP contribution in [0.1, 0.15) is 23.4 Å². The molecule has 0 aliphatic carbocycles. The number of anilines is 1. The predicted octanol–water partition coefficient (Wildman–Crippen LogP) is 5.42. The van der Waals surface area contributed by atoms with E-state index in [-0.39, 0.29) is 30.1 Å². The Balaban J connectivity index is 1.40. The minimum absolute atomic E-state index is 0.120. The first-order valence-electron chi connectivity index (χ1n) is 8.97. The molecule has 2 aromatic carbocycles. The Labute approximate surface area is 169 Å². The van der Waals surface area contributed by atoms with Crippen molar-refractivity contribution in [3.05, 3.63) is 65.2 Å². The van der Waals surface area contributed by atoms with Gasteiger partial charge in [-0.3, -0.25) is 4.79 Å². The largest absolute Gasteiger partial charge is 0.441 e. The van der Waals surface area contributed by atoms with Crippen LogP contribution in [0.2, 0.25) is 0 Å². The molecule has 0 bridgehead atoms. The summed E-state index contributed by atoms with van der Waals surface area (Å²) in [4.78, 5) is 20.8. The Bertz CT molecular complexity index is 1220. The number of hydrogen-bond acceptors (Lipinski definition) is 5. The molecule has 0 atom stereocenters. The fraction of sp³-hybridized carbons (Fsp3) is 0.190. The van der Waals surface area contributed by atoms with Crippen molar-refractivity contribution in [1.29, 1.82) is 0 Å². The molecule has 0 saturated heterocycles. The number of halogens is 2. The average molecular weight is 413 g/mol. The number of carbonyl (C=O) groups is 1. The van der Waals surface area contributed by atoms with E-state index in [1.54, 1.807) is 0 Å². The van der Waals surface area contributed by atoms with E-state index in [1.165, 1.54) is 23.6 Å². The molecule has 0 spiro atoms. The maximum Gasteiger partial charge on any atom is 0.226 e. The summed E-state index contributed by atoms with van der Waals surface area (Å²) in [5, 5.41) is 3.34. The topological polar surface area (TPSA) is 68.0 Å². The SMILES string of the molecule is Cc1cc(C)c2nc(NC(=O)CCc3ncc(-c4ccc(F)cc4F)o3)sc2c1. The van der Waals surface area contributed by atoms with Crippen LogP contribution in [0.5, 0.6) is 0 Å². The van der Waals surface area contributed by atoms with Crippen molar-refractivity contribution in [2.75, 3.05) is 5.32 Å². The van der Waals surface area contributed by atoms with Crippen molar-refractivity contribution in [3.63, 3.8) is 0 Å². The number of oxazole rings is 1. The van der Waals surface area contributed by atoms with Crippen LogP contribution in [-0.4, -0.2) is 15.9 Å². The monoisotopic (exact) mass is 413 g/mol. The number of amides is 1. The van der Waals surface area contributed by atoms with Gasteiger partial charge in [0.05, 0.1) is 22.0 Å². The third-order valence-corrected chi connectivity index (χ3v) is 5.31. The molecule has 148 valence electrons. The molecule has 2 heterocycles. The number of hydrogen-bond donors (Lipinski definition) is 1. The third kappa shape index (κ3) is 4.17. The van der Waals surface area contributed by atoms with Gasteiger partial charge in [-0.2, -0.15) is 0 Å². The maximum atomic E-state index is 13.8. The van der Waals surface area contributed by atoms with E-state index >= 15 is 0 Å². The number of rotatable bonds is 5. The Morgan fingerprint density at radius 2 is 2.03 bits per heavy atom. The Hall–Kier alpha value is -3.13. The zero-order valence-electron chi connectivity index (χ0n) is 15.8. The van der Waals surface area contributed by atoms with E-state index in [0.717, 1.165) is 33.5 Å². The fourth-order valence-electron chi connectivity index (χ4n) is 3.07. The van der Waals surface area contributed by atoms with Gasteiger partial charge in [0.1, 0.15) is 11.6 Å². The molecule has 0 radical (unpaired) electrons. The quantitative estimate of drug-likeness (QED) is 0.475. The van der Waals surface area contributed by atoms with Crippen LogP contribution in [0.25, 0.3) is 21.5 Å². The number of fused-ring (bicyclic) bond motifs is 1. The molecule has 0 fully saturated rings. The molecule has 0 aliphatic heterocycles. The van der Waals surface area contributed by atoms with Crippen LogP contribution in [0.15, 0.2) is 40.9 Å². The van der Waals surface area contributed by atoms with Gasteiger partial charge in [-0.05, 0) is 43.2 Å². The van der Waals surface area contributed by atoms with Gasteiger partial charge in [-0.25, -0.2) is 18.7 Å². The van der Waals surface area contributed by atoms with E-state index < -0.39 is 11.6 Å². The summed E-state index contributed by atoms with van der Waals surface area (Å²) in [7, 11) is 0. The zero-order chi connectivity index (χ0) is 20.5. The lowest BCUT2D eigenvalue weighted by atomic mass is 10.1. The molecule has 1 amide bonds. The average Bonchev–Trinajstić information content (AvgIpc) is 3.27. The number of nitrogens with zero attached hydrogens (tertiary/aromatic N) is 2. The molecule has 4 rings (SSSR count). The number of carbonyl (C=O) groups excluding carboxylic acids is 1. The highest BCUT2D eigenvalue weighted by atomic mass is 32.1. The summed E-state index contributed by atoms with van der Waals surface area (Å²) in [6, 6.07) is 7.32. The molecule has 0 unspecified atom stereocenters. The molecule has 0 saturated carbocycles. The van der Waals surface area contributed by atoms with Crippen LogP contribution in [-0.2, 0) is 11.2 Å². The first-order valence-corrected chi connectivity index (χ1v) is 9.78. The molecule has 1 N–H and O–H groups in total. The van der Waals surface area contributed by atoms with Gasteiger partial charge >= 0.3 is 0 Å². The highest BCUT2D eigenvalue weighted by molar-refractivity contribution is 7.22. The molecule has 5 nitrogen and oxygen atoms in total. The number of benzene rings is 2. The van der Waals surface area contributed by atoms with Crippen molar-refractivity contribution in [3.8, 4) is 11.3 Å². The number of nitrogens with one attached hydrogen (secondary N) is 1. The summed E-state index contributed by atoms with van der Waals surface area (Å²) in [6.45, 7) is 4.01. The van der Waals surface area contributed by atoms with Gasteiger partial charge in [0.15, 0.2) is 16.8 Å². The fourth-order valence-corrected chi connectivity index (χ4v) is 4.12. The lowest BCUT2D eigenvalue weighted by Crippen LogP contribution is -2.12. The third-order valence-electron chi connectivity index (χ3n) is 4.39. The maximum absolute atomic E-state index is 13.8. The lowest BCUT2D eigenvalue weighted by molar-refractivity contribution is -0.116. The molecular formula is C21H17F2N3O2S. The van der Waals surface area contributed by atoms with E-state index in [4.69, 9.17) is 4.42 Å². The summed E-state index contributed by atoms with van der Waals surface area (Å²) < 4.78 is 33.4. The number of aryl methyl sites for hydroxylation is 3. The van der Waals surface area contributed by atoms with Crippen molar-refractivity contribution < 1.29 is 18.0 Å². The van der Waals surface area contributed by atoms with Crippen LogP contribution >= 0.6 is 11.3 Å². The molecule has 2 aromatic heterocycles. The second-order valence-corrected chi connectivity index (χ2v) is 7.77. The van der Waals surface area contributed by atoms with Crippen LogP contribution < -0.4 is 5.32 Å². The summed E-state index contributed by atoms with van der Waals surface area (Å²) in [5.74, 6) is -1.12. The van der Waals surface area contributed by atoms with E-state index in [9.17, 15) is 13.6 Å². The summed E-state index contributed by atoms with van der Waals surface area (Å²) >= 11 is 1.43. The number of aromatic nitrogens is 2. The van der Waals surface area contributed by atoms with Crippen LogP contribution in [0.4, 0.5) is 13.9 Å². The van der Waals surface area contributed by atoms with Gasteiger partial charge in [0, 0.05) is 18.9 Å². The number of thiazole rings is 1. The van der Waals surface area contributed by atoms with E-state index in [0.29, 0.717) is 11.0 Å². The minimum Gasteiger partial charge on any atom is -0.441 e. The molecule has 0 aliphatic rings. The van der Waals surface area contributed by atoms with Gasteiger partial charge < -0.3 is 9.73 Å². The summed E-state index contributed by atoms with van der Waals surface area (Å²) in [5.41, 5.74) is 3.22. The van der Waals surface area contributed by atoms with Gasteiger partial charge in [0.2, 0.25) is 5.91 Å². The Morgan fingerprint density at radius 1 is 1.21 bits per heavy atom. The van der Waals surface area contributed by atoms with Crippen molar-refractivity contribution in [1.82, 2.24) is 9.97 Å². The van der Waals surface area contributed by atoms with Crippen molar-refractivity contribution in [2.45, 2.75) is 26.7 Å². The summed E-state index contributed by atoms with van der Waals surface area (Å²) in [6.07, 6.45) is 1.75. The van der Waals surface area contributed by atoms with E-state index in [1.807, 2.05) is 19.9 Å². The Morgan fingerprint density at radius 3 is 2.83 bits per heavy atom. The molecule has 29 heavy (non-hydrogen) atoms. The van der Waals surface area contributed by atoms with Gasteiger partial charge in [-0.15, -0.1) is 0 Å². The smallest absolute Gasteiger partial charge is 0.226 e. The van der Waals surface area contributed by atoms with E-state index in [2.05, 4.69) is 21.4 Å². The van der Waals surface area contributed by atoms with Crippen molar-refractivity contribution in [2.24, 2.45) is 0 Å². The standard InChI is InChI=1S/C21H17F2N3O2S/c1-11-7-12(2)20-17(8-11)29-21(26-20)25-18(27)5-6-19-24-10-16(28-19)14-4-3-13(22)9-15(14)23/h3-4,7-10H,5-6H2,1-2H3,(H,25,26,27). The second-order valence-electron chi connectivity index (χ2n) is 6.74. The predicted molar refractivity (Wildman–Crippen MR) is 108 cm³/mol. The molecule has 8 heteroatoms. The van der Waals surface area contributed by atoms with Crippen LogP contribution in [0, 0.1) is 25.5 Å². The zero-order valence-corrected chi connectivity index (χ0v) is 16.6. The molecule has 4 aromatic rings. The minimum atomic E-state index is -0.730. The van der Waals surface area contributed by atoms with Gasteiger partial charge in [0.25, 0.3) is 0 Å². The highest BCUT2D eigenvalue weighted by Crippen LogP contribution is 2.29. The van der Waals surface area contributed by atoms with Crippen LogP contribution in [0.3, 0.4) is 0 Å². The lowest BCUT2D eigenvalue weighted by Gasteiger charge is -2.00. The molecular weight excluding hydrogens is 396 g/mol.